The molecule has 0 spiro atoms. The van der Waals surface area contributed by atoms with Crippen molar-refractivity contribution in [2.24, 2.45) is 0 Å². The van der Waals surface area contributed by atoms with E-state index >= 15 is 0 Å². The van der Waals surface area contributed by atoms with Gasteiger partial charge in [0.2, 0.25) is 5.91 Å². The lowest BCUT2D eigenvalue weighted by Crippen LogP contribution is -2.46. The minimum atomic E-state index is 0.0888. The number of hydrogen-bond donors (Lipinski definition) is 0. The van der Waals surface area contributed by atoms with Gasteiger partial charge in [0, 0.05) is 6.04 Å². The first-order chi connectivity index (χ1) is 6.20. The summed E-state index contributed by atoms with van der Waals surface area (Å²) in [6.07, 6.45) is 6.00. The van der Waals surface area contributed by atoms with Crippen LogP contribution in [-0.2, 0) is 4.79 Å². The van der Waals surface area contributed by atoms with E-state index in [1.165, 1.54) is 12.5 Å². The van der Waals surface area contributed by atoms with Gasteiger partial charge in [-0.3, -0.25) is 4.79 Å². The number of hydrogen-bond acceptors (Lipinski definition) is 1. The van der Waals surface area contributed by atoms with Gasteiger partial charge < -0.3 is 4.90 Å². The summed E-state index contributed by atoms with van der Waals surface area (Å²) in [6.45, 7) is 5.69. The fourth-order valence-electron chi connectivity index (χ4n) is 1.85. The number of rotatable bonds is 2. The van der Waals surface area contributed by atoms with E-state index in [0.29, 0.717) is 10.1 Å². The zero-order valence-corrected chi connectivity index (χ0v) is 10.2. The Morgan fingerprint density at radius 3 is 2.92 bits per heavy atom. The third kappa shape index (κ3) is 2.45. The molecule has 1 amide bonds. The highest BCUT2D eigenvalue weighted by Crippen LogP contribution is 2.28. The maximum absolute atomic E-state index is 11.5. The highest BCUT2D eigenvalue weighted by Gasteiger charge is 2.29. The van der Waals surface area contributed by atoms with Crippen LogP contribution in [-0.4, -0.2) is 20.9 Å². The van der Waals surface area contributed by atoms with Crippen molar-refractivity contribution < 1.29 is 4.79 Å². The van der Waals surface area contributed by atoms with E-state index in [9.17, 15) is 4.79 Å². The molecule has 2 atom stereocenters. The van der Waals surface area contributed by atoms with Gasteiger partial charge in [-0.05, 0) is 31.8 Å². The average Bonchev–Trinajstić information content (AvgIpc) is 2.16. The van der Waals surface area contributed by atoms with Crippen molar-refractivity contribution in [3.8, 4) is 0 Å². The first-order valence-electron chi connectivity index (χ1n) is 4.79. The lowest BCUT2D eigenvalue weighted by Gasteiger charge is -2.38. The number of carbonyl (C=O) groups excluding carboxylic acids is 1. The van der Waals surface area contributed by atoms with Crippen molar-refractivity contribution in [1.82, 2.24) is 4.90 Å². The number of amides is 1. The van der Waals surface area contributed by atoms with Gasteiger partial charge in [0.25, 0.3) is 0 Å². The molecule has 74 valence electrons. The van der Waals surface area contributed by atoms with E-state index in [4.69, 9.17) is 0 Å². The highest BCUT2D eigenvalue weighted by atomic mass is 127. The van der Waals surface area contributed by atoms with E-state index in [1.54, 1.807) is 0 Å². The molecule has 0 N–H and O–H groups in total. The number of likely N-dealkylation sites (tertiary alicyclic amines) is 1. The summed E-state index contributed by atoms with van der Waals surface area (Å²) in [7, 11) is 0. The second-order valence-electron chi connectivity index (χ2n) is 3.38. The first-order valence-corrected chi connectivity index (χ1v) is 6.04. The Morgan fingerprint density at radius 2 is 2.38 bits per heavy atom. The monoisotopic (exact) mass is 293 g/mol. The van der Waals surface area contributed by atoms with Crippen LogP contribution in [0.2, 0.25) is 0 Å². The van der Waals surface area contributed by atoms with Crippen molar-refractivity contribution in [2.75, 3.05) is 0 Å². The Bertz CT molecular complexity index is 205. The Kier molecular flexibility index (Phi) is 4.22. The molecule has 2 nitrogen and oxygen atoms in total. The highest BCUT2D eigenvalue weighted by molar-refractivity contribution is 14.1. The predicted octanol–water partition coefficient (Wildman–Crippen LogP) is 2.72. The molecule has 0 aromatic carbocycles. The van der Waals surface area contributed by atoms with Gasteiger partial charge in [-0.2, -0.15) is 0 Å². The Morgan fingerprint density at radius 1 is 1.69 bits per heavy atom. The maximum atomic E-state index is 11.5. The van der Waals surface area contributed by atoms with Crippen LogP contribution < -0.4 is 0 Å². The molecule has 0 saturated carbocycles. The smallest absolute Gasteiger partial charge is 0.247 e. The molecular formula is C10H16INO. The lowest BCUT2D eigenvalue weighted by atomic mass is 10.00. The second kappa shape index (κ2) is 4.98. The molecule has 0 aliphatic carbocycles. The third-order valence-corrected chi connectivity index (χ3v) is 3.80. The van der Waals surface area contributed by atoms with Crippen LogP contribution >= 0.6 is 22.6 Å². The SMILES string of the molecule is C=CC(=O)N1[C@@H](CC)CCC[C@H]1I. The van der Waals surface area contributed by atoms with Gasteiger partial charge in [0.05, 0.1) is 4.05 Å². The van der Waals surface area contributed by atoms with E-state index < -0.39 is 0 Å². The standard InChI is InChI=1S/C10H16INO/c1-3-8-6-5-7-9(11)12(8)10(13)4-2/h4,8-9H,2-3,5-7H2,1H3/t8-,9-/m0/s1. The molecule has 1 fully saturated rings. The normalized spacial score (nSPS) is 28.6. The van der Waals surface area contributed by atoms with Crippen LogP contribution in [0.4, 0.5) is 0 Å². The van der Waals surface area contributed by atoms with Crippen LogP contribution in [0.3, 0.4) is 0 Å². The molecule has 0 aromatic rings. The maximum Gasteiger partial charge on any atom is 0.247 e. The molecule has 0 bridgehead atoms. The van der Waals surface area contributed by atoms with Gasteiger partial charge in [-0.1, -0.05) is 36.1 Å². The number of piperidine rings is 1. The number of carbonyl (C=O) groups is 1. The molecule has 13 heavy (non-hydrogen) atoms. The van der Waals surface area contributed by atoms with Gasteiger partial charge in [0.15, 0.2) is 0 Å². The first kappa shape index (κ1) is 11.0. The summed E-state index contributed by atoms with van der Waals surface area (Å²) in [5.41, 5.74) is 0. The summed E-state index contributed by atoms with van der Waals surface area (Å²) in [5, 5.41) is 0. The number of nitrogens with zero attached hydrogens (tertiary/aromatic N) is 1. The van der Waals surface area contributed by atoms with E-state index in [-0.39, 0.29) is 5.91 Å². The molecule has 0 unspecified atom stereocenters. The summed E-state index contributed by atoms with van der Waals surface area (Å²) >= 11 is 2.35. The summed E-state index contributed by atoms with van der Waals surface area (Å²) in [6, 6.07) is 0.432. The Labute approximate surface area is 93.5 Å². The van der Waals surface area contributed by atoms with Crippen LogP contribution in [0.25, 0.3) is 0 Å². The minimum absolute atomic E-state index is 0.0888. The fourth-order valence-corrected chi connectivity index (χ4v) is 3.02. The summed E-state index contributed by atoms with van der Waals surface area (Å²) in [4.78, 5) is 13.5. The molecule has 0 radical (unpaired) electrons. The Balaban J connectivity index is 2.72. The van der Waals surface area contributed by atoms with E-state index in [0.717, 1.165) is 19.3 Å². The second-order valence-corrected chi connectivity index (χ2v) is 4.81. The molecular weight excluding hydrogens is 277 g/mol. The molecule has 1 rings (SSSR count). The van der Waals surface area contributed by atoms with E-state index in [1.807, 2.05) is 4.90 Å². The molecule has 1 aliphatic heterocycles. The number of alkyl halides is 1. The lowest BCUT2D eigenvalue weighted by molar-refractivity contribution is -0.130. The summed E-state index contributed by atoms with van der Waals surface area (Å²) in [5.74, 6) is 0.0888. The zero-order valence-electron chi connectivity index (χ0n) is 8.00. The van der Waals surface area contributed by atoms with Crippen molar-refractivity contribution in [1.29, 1.82) is 0 Å². The average molecular weight is 293 g/mol. The molecule has 3 heteroatoms. The zero-order chi connectivity index (χ0) is 9.84. The van der Waals surface area contributed by atoms with Crippen molar-refractivity contribution in [3.63, 3.8) is 0 Å². The van der Waals surface area contributed by atoms with Gasteiger partial charge in [0.1, 0.15) is 0 Å². The van der Waals surface area contributed by atoms with Crippen LogP contribution in [0.1, 0.15) is 32.6 Å². The van der Waals surface area contributed by atoms with Crippen LogP contribution in [0.5, 0.6) is 0 Å². The summed E-state index contributed by atoms with van der Waals surface area (Å²) < 4.78 is 0.363. The van der Waals surface area contributed by atoms with Crippen LogP contribution in [0.15, 0.2) is 12.7 Å². The predicted molar refractivity (Wildman–Crippen MR) is 62.8 cm³/mol. The minimum Gasteiger partial charge on any atom is -0.324 e. The van der Waals surface area contributed by atoms with Crippen molar-refractivity contribution in [2.45, 2.75) is 42.7 Å². The quantitative estimate of drug-likeness (QED) is 0.332. The van der Waals surface area contributed by atoms with Crippen LogP contribution in [0, 0.1) is 0 Å². The third-order valence-electron chi connectivity index (χ3n) is 2.58. The largest absolute Gasteiger partial charge is 0.324 e. The van der Waals surface area contributed by atoms with Crippen molar-refractivity contribution >= 4 is 28.5 Å². The molecule has 1 heterocycles. The Hall–Kier alpha value is -0.0600. The molecule has 1 saturated heterocycles. The number of halogens is 1. The van der Waals surface area contributed by atoms with Gasteiger partial charge >= 0.3 is 0 Å². The van der Waals surface area contributed by atoms with Gasteiger partial charge in [-0.15, -0.1) is 0 Å². The van der Waals surface area contributed by atoms with E-state index in [2.05, 4.69) is 36.1 Å². The fraction of sp³-hybridized carbons (Fsp3) is 0.700. The molecule has 0 aromatic heterocycles. The topological polar surface area (TPSA) is 20.3 Å². The van der Waals surface area contributed by atoms with Crippen molar-refractivity contribution in [3.05, 3.63) is 12.7 Å². The molecule has 1 aliphatic rings. The van der Waals surface area contributed by atoms with Gasteiger partial charge in [-0.25, -0.2) is 0 Å².